The first-order valence-electron chi connectivity index (χ1n) is 6.96. The molecule has 1 unspecified atom stereocenters. The van der Waals surface area contributed by atoms with Gasteiger partial charge in [-0.2, -0.15) is 0 Å². The van der Waals surface area contributed by atoms with Crippen LogP contribution in [0.2, 0.25) is 0 Å². The predicted molar refractivity (Wildman–Crippen MR) is 77.0 cm³/mol. The molecule has 2 amide bonds. The molecule has 0 radical (unpaired) electrons. The van der Waals surface area contributed by atoms with Crippen molar-refractivity contribution in [2.45, 2.75) is 25.8 Å². The van der Waals surface area contributed by atoms with E-state index >= 15 is 0 Å². The van der Waals surface area contributed by atoms with Crippen LogP contribution in [0.4, 0.5) is 4.79 Å². The van der Waals surface area contributed by atoms with E-state index in [-0.39, 0.29) is 12.1 Å². The van der Waals surface area contributed by atoms with Crippen molar-refractivity contribution in [2.75, 3.05) is 26.7 Å². The Morgan fingerprint density at radius 3 is 2.47 bits per heavy atom. The van der Waals surface area contributed by atoms with Gasteiger partial charge < -0.3 is 15.5 Å². The third-order valence-electron chi connectivity index (χ3n) is 3.67. The van der Waals surface area contributed by atoms with Crippen LogP contribution < -0.4 is 5.73 Å². The van der Waals surface area contributed by atoms with Gasteiger partial charge in [0.05, 0.1) is 0 Å². The van der Waals surface area contributed by atoms with E-state index in [1.807, 2.05) is 11.9 Å². The van der Waals surface area contributed by atoms with Crippen molar-refractivity contribution in [3.63, 3.8) is 0 Å². The van der Waals surface area contributed by atoms with Gasteiger partial charge in [-0.15, -0.1) is 0 Å². The molecule has 0 aromatic heterocycles. The van der Waals surface area contributed by atoms with Gasteiger partial charge in [0.1, 0.15) is 0 Å². The molecular weight excluding hydrogens is 238 g/mol. The number of nitrogens with zero attached hydrogens (tertiary/aromatic N) is 2. The summed E-state index contributed by atoms with van der Waals surface area (Å²) in [6, 6.07) is 8.41. The summed E-state index contributed by atoms with van der Waals surface area (Å²) in [7, 11) is 1.83. The Bertz CT molecular complexity index is 430. The molecular formula is C15H23N3O. The second-order valence-electron chi connectivity index (χ2n) is 5.25. The lowest BCUT2D eigenvalue weighted by atomic mass is 10.0. The minimum atomic E-state index is -0.105. The van der Waals surface area contributed by atoms with Crippen molar-refractivity contribution in [3.8, 4) is 0 Å². The van der Waals surface area contributed by atoms with Gasteiger partial charge in [-0.1, -0.05) is 37.6 Å². The molecule has 1 aliphatic rings. The normalized spacial score (nSPS) is 17.1. The largest absolute Gasteiger partial charge is 0.326 e. The zero-order valence-corrected chi connectivity index (χ0v) is 11.8. The smallest absolute Gasteiger partial charge is 0.319 e. The number of hydrogen-bond donors (Lipinski definition) is 1. The van der Waals surface area contributed by atoms with Crippen molar-refractivity contribution < 1.29 is 4.79 Å². The number of benzene rings is 1. The second kappa shape index (κ2) is 6.06. The summed E-state index contributed by atoms with van der Waals surface area (Å²) in [6.45, 7) is 4.34. The number of hydrogen-bond acceptors (Lipinski definition) is 2. The number of likely N-dealkylation sites (N-methyl/N-ethyl adjacent to an activating group) is 1. The molecule has 104 valence electrons. The number of rotatable bonds is 5. The maximum absolute atomic E-state index is 11.8. The fourth-order valence-corrected chi connectivity index (χ4v) is 2.44. The summed E-state index contributed by atoms with van der Waals surface area (Å²) in [4.78, 5) is 15.4. The lowest BCUT2D eigenvalue weighted by Gasteiger charge is -2.21. The summed E-state index contributed by atoms with van der Waals surface area (Å²) in [5.41, 5.74) is 8.64. The molecule has 0 saturated carbocycles. The number of urea groups is 1. The van der Waals surface area contributed by atoms with Crippen LogP contribution in [0.15, 0.2) is 24.3 Å². The highest BCUT2D eigenvalue weighted by atomic mass is 16.2. The highest BCUT2D eigenvalue weighted by Crippen LogP contribution is 2.16. The van der Waals surface area contributed by atoms with Crippen LogP contribution in [0.25, 0.3) is 0 Å². The minimum absolute atomic E-state index is 0.0815. The van der Waals surface area contributed by atoms with Crippen molar-refractivity contribution >= 4 is 6.03 Å². The molecule has 19 heavy (non-hydrogen) atoms. The Morgan fingerprint density at radius 1 is 1.26 bits per heavy atom. The molecule has 4 nitrogen and oxygen atoms in total. The fourth-order valence-electron chi connectivity index (χ4n) is 2.44. The zero-order chi connectivity index (χ0) is 13.8. The molecule has 1 atom stereocenters. The number of carbonyl (C=O) groups excluding carboxylic acids is 1. The molecule has 1 heterocycles. The van der Waals surface area contributed by atoms with E-state index in [1.54, 1.807) is 4.90 Å². The number of carbonyl (C=O) groups is 1. The molecule has 1 aromatic carbocycles. The lowest BCUT2D eigenvalue weighted by Crippen LogP contribution is -2.35. The Hall–Kier alpha value is -1.55. The average molecular weight is 261 g/mol. The summed E-state index contributed by atoms with van der Waals surface area (Å²) in [5, 5.41) is 0. The molecule has 4 heteroatoms. The molecule has 0 bridgehead atoms. The van der Waals surface area contributed by atoms with Crippen LogP contribution in [-0.4, -0.2) is 42.5 Å². The van der Waals surface area contributed by atoms with Gasteiger partial charge >= 0.3 is 6.03 Å². The monoisotopic (exact) mass is 261 g/mol. The number of aryl methyl sites for hydroxylation is 1. The number of nitrogens with two attached hydrogens (primary N) is 1. The van der Waals surface area contributed by atoms with E-state index in [0.717, 1.165) is 31.5 Å². The van der Waals surface area contributed by atoms with Gasteiger partial charge in [0.2, 0.25) is 0 Å². The van der Waals surface area contributed by atoms with E-state index in [2.05, 4.69) is 31.2 Å². The Labute approximate surface area is 115 Å². The van der Waals surface area contributed by atoms with Gasteiger partial charge in [0.25, 0.3) is 0 Å². The van der Waals surface area contributed by atoms with Gasteiger partial charge in [-0.3, -0.25) is 0 Å². The van der Waals surface area contributed by atoms with Crippen molar-refractivity contribution in [1.82, 2.24) is 9.80 Å². The highest BCUT2D eigenvalue weighted by Gasteiger charge is 2.26. The minimum Gasteiger partial charge on any atom is -0.326 e. The van der Waals surface area contributed by atoms with Gasteiger partial charge in [0.15, 0.2) is 0 Å². The average Bonchev–Trinajstić information content (AvgIpc) is 2.72. The first-order valence-corrected chi connectivity index (χ1v) is 6.96. The molecule has 1 aliphatic heterocycles. The van der Waals surface area contributed by atoms with Gasteiger partial charge in [-0.05, 0) is 17.5 Å². The Kier molecular flexibility index (Phi) is 4.43. The van der Waals surface area contributed by atoms with Crippen LogP contribution in [0.3, 0.4) is 0 Å². The highest BCUT2D eigenvalue weighted by molar-refractivity contribution is 5.76. The fraction of sp³-hybridized carbons (Fsp3) is 0.533. The van der Waals surface area contributed by atoms with Crippen LogP contribution in [0, 0.1) is 0 Å². The van der Waals surface area contributed by atoms with Crippen LogP contribution >= 0.6 is 0 Å². The lowest BCUT2D eigenvalue weighted by molar-refractivity contribution is 0.196. The van der Waals surface area contributed by atoms with Gasteiger partial charge in [-0.25, -0.2) is 4.79 Å². The number of amides is 2. The van der Waals surface area contributed by atoms with E-state index in [1.165, 1.54) is 5.56 Å². The van der Waals surface area contributed by atoms with Crippen molar-refractivity contribution in [1.29, 1.82) is 0 Å². The third kappa shape index (κ3) is 3.26. The summed E-state index contributed by atoms with van der Waals surface area (Å²) < 4.78 is 0. The topological polar surface area (TPSA) is 49.6 Å². The first kappa shape index (κ1) is 13.9. The van der Waals surface area contributed by atoms with E-state index in [9.17, 15) is 4.79 Å². The maximum Gasteiger partial charge on any atom is 0.319 e. The zero-order valence-electron chi connectivity index (χ0n) is 11.8. The van der Waals surface area contributed by atoms with Crippen molar-refractivity contribution in [2.24, 2.45) is 5.73 Å². The molecule has 0 aliphatic carbocycles. The Morgan fingerprint density at radius 2 is 1.95 bits per heavy atom. The SMILES string of the molecule is CCCc1ccc(C(N)CN2CCN(C)C2=O)cc1. The third-order valence-corrected chi connectivity index (χ3v) is 3.67. The standard InChI is InChI=1S/C15H23N3O/c1-3-4-12-5-7-13(8-6-12)14(16)11-18-10-9-17(2)15(18)19/h5-8,14H,3-4,9-11,16H2,1-2H3. The molecule has 2 N–H and O–H groups in total. The van der Waals surface area contributed by atoms with Crippen LogP contribution in [-0.2, 0) is 6.42 Å². The summed E-state index contributed by atoms with van der Waals surface area (Å²) in [6.07, 6.45) is 2.25. The predicted octanol–water partition coefficient (Wildman–Crippen LogP) is 2.01. The quantitative estimate of drug-likeness (QED) is 0.881. The van der Waals surface area contributed by atoms with Gasteiger partial charge in [0, 0.05) is 32.7 Å². The second-order valence-corrected chi connectivity index (χ2v) is 5.25. The maximum atomic E-state index is 11.8. The molecule has 2 rings (SSSR count). The summed E-state index contributed by atoms with van der Waals surface area (Å²) in [5.74, 6) is 0. The van der Waals surface area contributed by atoms with E-state index < -0.39 is 0 Å². The van der Waals surface area contributed by atoms with E-state index in [4.69, 9.17) is 5.73 Å². The van der Waals surface area contributed by atoms with Crippen molar-refractivity contribution in [3.05, 3.63) is 35.4 Å². The van der Waals surface area contributed by atoms with E-state index in [0.29, 0.717) is 6.54 Å². The first-order chi connectivity index (χ1) is 9.11. The molecule has 0 spiro atoms. The molecule has 1 saturated heterocycles. The Balaban J connectivity index is 1.96. The van der Waals surface area contributed by atoms with Crippen LogP contribution in [0.5, 0.6) is 0 Å². The van der Waals surface area contributed by atoms with Crippen LogP contribution in [0.1, 0.15) is 30.5 Å². The summed E-state index contributed by atoms with van der Waals surface area (Å²) >= 11 is 0. The molecule has 1 fully saturated rings. The molecule has 1 aromatic rings.